The molecule has 3 aliphatic rings. The van der Waals surface area contributed by atoms with Gasteiger partial charge in [-0.25, -0.2) is 9.67 Å². The smallest absolute Gasteiger partial charge is 0.339 e. The highest BCUT2D eigenvalue weighted by Crippen LogP contribution is 2.64. The van der Waals surface area contributed by atoms with E-state index in [4.69, 9.17) is 0 Å². The van der Waals surface area contributed by atoms with Crippen molar-refractivity contribution in [3.8, 4) is 5.95 Å². The fraction of sp³-hybridized carbons (Fsp3) is 0.619. The lowest BCUT2D eigenvalue weighted by Gasteiger charge is -2.37. The zero-order valence-electron chi connectivity index (χ0n) is 17.3. The Morgan fingerprint density at radius 2 is 1.94 bits per heavy atom. The number of carbonyl (C=O) groups excluding carboxylic acids is 1. The fourth-order valence-electron chi connectivity index (χ4n) is 5.23. The third-order valence-corrected chi connectivity index (χ3v) is 7.29. The first-order valence-electron chi connectivity index (χ1n) is 10.7. The molecule has 1 saturated carbocycles. The lowest BCUT2D eigenvalue weighted by Crippen LogP contribution is -2.43. The van der Waals surface area contributed by atoms with E-state index in [9.17, 15) is 22.8 Å². The topological polar surface area (TPSA) is 83.9 Å². The third-order valence-electron chi connectivity index (χ3n) is 7.29. The molecule has 2 aromatic rings. The Labute approximate surface area is 176 Å². The summed E-state index contributed by atoms with van der Waals surface area (Å²) in [7, 11) is 0. The number of aromatic nitrogens is 4. The molecule has 2 fully saturated rings. The van der Waals surface area contributed by atoms with E-state index in [1.54, 1.807) is 11.8 Å². The molecular weight excluding hydrogens is 411 g/mol. The van der Waals surface area contributed by atoms with Gasteiger partial charge in [0.05, 0.1) is 28.6 Å². The molecule has 1 aliphatic heterocycles. The van der Waals surface area contributed by atoms with Gasteiger partial charge in [0.1, 0.15) is 0 Å². The summed E-state index contributed by atoms with van der Waals surface area (Å²) in [6, 6.07) is 0. The predicted octanol–water partition coefficient (Wildman–Crippen LogP) is 2.95. The highest BCUT2D eigenvalue weighted by Gasteiger charge is 2.66. The molecule has 0 bridgehead atoms. The number of aryl methyl sites for hydroxylation is 1. The number of hydrogen-bond acceptors (Lipinski definition) is 4. The lowest BCUT2D eigenvalue weighted by molar-refractivity contribution is -0.206. The Morgan fingerprint density at radius 3 is 2.58 bits per heavy atom. The summed E-state index contributed by atoms with van der Waals surface area (Å²) in [5, 5.41) is 4.25. The van der Waals surface area contributed by atoms with Crippen LogP contribution in [0.3, 0.4) is 0 Å². The zero-order chi connectivity index (χ0) is 22.0. The number of aromatic amines is 1. The largest absolute Gasteiger partial charge is 0.394 e. The number of likely N-dealkylation sites (tertiary alicyclic amines) is 1. The van der Waals surface area contributed by atoms with Crippen LogP contribution < -0.4 is 5.56 Å². The van der Waals surface area contributed by atoms with Gasteiger partial charge >= 0.3 is 6.18 Å². The van der Waals surface area contributed by atoms with E-state index in [1.807, 2.05) is 0 Å². The first-order chi connectivity index (χ1) is 14.7. The molecule has 31 heavy (non-hydrogen) atoms. The molecule has 0 radical (unpaired) electrons. The van der Waals surface area contributed by atoms with Crippen LogP contribution in [-0.2, 0) is 12.8 Å². The average Bonchev–Trinajstić information content (AvgIpc) is 3.28. The number of halogens is 3. The van der Waals surface area contributed by atoms with Gasteiger partial charge in [-0.05, 0) is 57.8 Å². The number of H-pyrrole nitrogens is 1. The highest BCUT2D eigenvalue weighted by molar-refractivity contribution is 5.95. The molecular formula is C21H24F3N5O2. The zero-order valence-corrected chi connectivity index (χ0v) is 17.3. The summed E-state index contributed by atoms with van der Waals surface area (Å²) in [6.07, 6.45) is 0.743. The van der Waals surface area contributed by atoms with E-state index in [1.165, 1.54) is 10.9 Å². The molecule has 5 rings (SSSR count). The van der Waals surface area contributed by atoms with Gasteiger partial charge in [0.2, 0.25) is 5.95 Å². The van der Waals surface area contributed by atoms with Crippen LogP contribution in [0.15, 0.2) is 11.0 Å². The number of piperidine rings is 1. The normalized spacial score (nSPS) is 20.7. The van der Waals surface area contributed by atoms with E-state index in [0.29, 0.717) is 49.2 Å². The quantitative estimate of drug-likeness (QED) is 0.804. The third kappa shape index (κ3) is 3.18. The molecule has 2 aliphatic carbocycles. The second kappa shape index (κ2) is 6.93. The maximum absolute atomic E-state index is 13.4. The first-order valence-corrected chi connectivity index (χ1v) is 10.7. The molecule has 1 N–H and O–H groups in total. The molecule has 2 aromatic heterocycles. The Hall–Kier alpha value is -2.65. The molecule has 0 atom stereocenters. The summed E-state index contributed by atoms with van der Waals surface area (Å²) in [5.74, 6) is -0.384. The number of amides is 1. The fourth-order valence-corrected chi connectivity index (χ4v) is 5.23. The number of hydrogen-bond donors (Lipinski definition) is 1. The van der Waals surface area contributed by atoms with Crippen LogP contribution in [0.25, 0.3) is 5.95 Å². The van der Waals surface area contributed by atoms with E-state index >= 15 is 0 Å². The number of carbonyl (C=O) groups is 1. The van der Waals surface area contributed by atoms with E-state index in [2.05, 4.69) is 15.1 Å². The standard InChI is InChI=1S/C21H24F3N5O2/c1-12-15(11-25-29(12)19-26-16-4-2-3-14(16)17(30)27-19)18(31)28-9-5-13(6-10-28)20(7-8-20)21(22,23)24/h11,13H,2-10H2,1H3,(H,26,27,30). The molecule has 10 heteroatoms. The number of rotatable bonds is 3. The Kier molecular flexibility index (Phi) is 4.53. The number of nitrogens with zero attached hydrogens (tertiary/aromatic N) is 4. The highest BCUT2D eigenvalue weighted by atomic mass is 19.4. The molecule has 166 valence electrons. The summed E-state index contributed by atoms with van der Waals surface area (Å²) in [4.78, 5) is 34.2. The van der Waals surface area contributed by atoms with Gasteiger partial charge < -0.3 is 4.90 Å². The second-order valence-electron chi connectivity index (χ2n) is 8.94. The summed E-state index contributed by atoms with van der Waals surface area (Å²) in [6.45, 7) is 2.34. The molecule has 1 amide bonds. The summed E-state index contributed by atoms with van der Waals surface area (Å²) < 4.78 is 41.7. The summed E-state index contributed by atoms with van der Waals surface area (Å²) in [5.41, 5.74) is 0.678. The van der Waals surface area contributed by atoms with Crippen molar-refractivity contribution in [1.82, 2.24) is 24.6 Å². The van der Waals surface area contributed by atoms with Crippen LogP contribution in [0, 0.1) is 18.3 Å². The van der Waals surface area contributed by atoms with Gasteiger partial charge in [0, 0.05) is 18.7 Å². The Bertz CT molecular complexity index is 1090. The van der Waals surface area contributed by atoms with Gasteiger partial charge in [-0.2, -0.15) is 18.3 Å². The van der Waals surface area contributed by atoms with Crippen molar-refractivity contribution in [3.63, 3.8) is 0 Å². The Morgan fingerprint density at radius 1 is 1.23 bits per heavy atom. The molecule has 0 unspecified atom stereocenters. The van der Waals surface area contributed by atoms with Gasteiger partial charge in [0.15, 0.2) is 0 Å². The van der Waals surface area contributed by atoms with E-state index in [-0.39, 0.29) is 30.3 Å². The number of nitrogens with one attached hydrogen (secondary N) is 1. The first kappa shape index (κ1) is 20.3. The van der Waals surface area contributed by atoms with E-state index < -0.39 is 17.5 Å². The SMILES string of the molecule is Cc1c(C(=O)N2CCC(C3(C(F)(F)F)CC3)CC2)cnn1-c1nc2c(c(=O)[nH]1)CCC2. The van der Waals surface area contributed by atoms with Crippen molar-refractivity contribution in [3.05, 3.63) is 39.1 Å². The minimum atomic E-state index is -4.17. The van der Waals surface area contributed by atoms with Gasteiger partial charge in [-0.3, -0.25) is 14.6 Å². The van der Waals surface area contributed by atoms with Crippen molar-refractivity contribution >= 4 is 5.91 Å². The van der Waals surface area contributed by atoms with Crippen LogP contribution in [0.1, 0.15) is 59.4 Å². The Balaban J connectivity index is 1.32. The van der Waals surface area contributed by atoms with Crippen LogP contribution >= 0.6 is 0 Å². The van der Waals surface area contributed by atoms with Gasteiger partial charge in [-0.1, -0.05) is 0 Å². The van der Waals surface area contributed by atoms with E-state index in [0.717, 1.165) is 18.5 Å². The van der Waals surface area contributed by atoms with Gasteiger partial charge in [-0.15, -0.1) is 0 Å². The number of alkyl halides is 3. The maximum atomic E-state index is 13.4. The minimum absolute atomic E-state index is 0.180. The van der Waals surface area contributed by atoms with Crippen LogP contribution in [-0.4, -0.2) is 49.8 Å². The minimum Gasteiger partial charge on any atom is -0.339 e. The lowest BCUT2D eigenvalue weighted by atomic mass is 9.81. The molecule has 1 saturated heterocycles. The average molecular weight is 435 g/mol. The van der Waals surface area contributed by atoms with Gasteiger partial charge in [0.25, 0.3) is 11.5 Å². The monoisotopic (exact) mass is 435 g/mol. The van der Waals surface area contributed by atoms with Crippen molar-refractivity contribution in [2.45, 2.75) is 58.0 Å². The molecule has 0 aromatic carbocycles. The maximum Gasteiger partial charge on any atom is 0.394 e. The summed E-state index contributed by atoms with van der Waals surface area (Å²) >= 11 is 0. The molecule has 7 nitrogen and oxygen atoms in total. The number of fused-ring (bicyclic) bond motifs is 1. The molecule has 0 spiro atoms. The van der Waals surface area contributed by atoms with Crippen molar-refractivity contribution in [1.29, 1.82) is 0 Å². The molecule has 3 heterocycles. The van der Waals surface area contributed by atoms with Crippen molar-refractivity contribution in [2.24, 2.45) is 11.3 Å². The van der Waals surface area contributed by atoms with Crippen molar-refractivity contribution < 1.29 is 18.0 Å². The van der Waals surface area contributed by atoms with Crippen LogP contribution in [0.2, 0.25) is 0 Å². The predicted molar refractivity (Wildman–Crippen MR) is 105 cm³/mol. The van der Waals surface area contributed by atoms with Crippen molar-refractivity contribution in [2.75, 3.05) is 13.1 Å². The van der Waals surface area contributed by atoms with Crippen LogP contribution in [0.4, 0.5) is 13.2 Å². The van der Waals surface area contributed by atoms with Crippen LogP contribution in [0.5, 0.6) is 0 Å². The second-order valence-corrected chi connectivity index (χ2v) is 8.94.